The first-order chi connectivity index (χ1) is 6.68. The van der Waals surface area contributed by atoms with Crippen molar-refractivity contribution in [1.29, 1.82) is 0 Å². The van der Waals surface area contributed by atoms with Crippen molar-refractivity contribution in [3.63, 3.8) is 0 Å². The second-order valence-electron chi connectivity index (χ2n) is 3.25. The van der Waals surface area contributed by atoms with Gasteiger partial charge in [-0.05, 0) is 12.1 Å². The molecule has 0 atom stereocenters. The number of nitrogens with zero attached hydrogens (tertiary/aromatic N) is 2. The van der Waals surface area contributed by atoms with Crippen LogP contribution in [0.25, 0.3) is 0 Å². The number of aliphatic imine (C=N–C) groups is 1. The van der Waals surface area contributed by atoms with Gasteiger partial charge in [0, 0.05) is 19.7 Å². The Balaban J connectivity index is 2.41. The van der Waals surface area contributed by atoms with E-state index in [1.807, 2.05) is 11.9 Å². The minimum atomic E-state index is -0.562. The molecule has 0 saturated heterocycles. The van der Waals surface area contributed by atoms with Crippen LogP contribution in [0.5, 0.6) is 0 Å². The lowest BCUT2D eigenvalue weighted by atomic mass is 10.2. The molecule has 2 rings (SSSR count). The summed E-state index contributed by atoms with van der Waals surface area (Å²) in [6.07, 6.45) is 0. The fourth-order valence-corrected chi connectivity index (χ4v) is 1.49. The lowest BCUT2D eigenvalue weighted by Gasteiger charge is -2.13. The first-order valence-electron chi connectivity index (χ1n) is 4.39. The Kier molecular flexibility index (Phi) is 2.19. The first kappa shape index (κ1) is 9.12. The highest BCUT2D eigenvalue weighted by atomic mass is 19.1. The Morgan fingerprint density at radius 2 is 2.14 bits per heavy atom. The Hall–Kier alpha value is -1.45. The molecule has 4 heteroatoms. The molecule has 1 aromatic carbocycles. The van der Waals surface area contributed by atoms with Crippen LogP contribution in [-0.4, -0.2) is 30.9 Å². The van der Waals surface area contributed by atoms with Gasteiger partial charge < -0.3 is 4.90 Å². The summed E-state index contributed by atoms with van der Waals surface area (Å²) < 4.78 is 26.0. The van der Waals surface area contributed by atoms with Crippen LogP contribution in [0.4, 0.5) is 8.78 Å². The second-order valence-corrected chi connectivity index (χ2v) is 3.25. The number of likely N-dealkylation sites (N-methyl/N-ethyl adjacent to an activating group) is 1. The van der Waals surface area contributed by atoms with E-state index in [0.717, 1.165) is 12.6 Å². The molecule has 0 aromatic heterocycles. The molecule has 0 saturated carbocycles. The van der Waals surface area contributed by atoms with E-state index in [1.165, 1.54) is 12.1 Å². The Bertz CT molecular complexity index is 388. The van der Waals surface area contributed by atoms with Crippen LogP contribution >= 0.6 is 0 Å². The maximum atomic E-state index is 13.3. The number of rotatable bonds is 1. The third-order valence-corrected chi connectivity index (χ3v) is 2.23. The Morgan fingerprint density at radius 3 is 2.71 bits per heavy atom. The minimum Gasteiger partial charge on any atom is -0.358 e. The fourth-order valence-electron chi connectivity index (χ4n) is 1.49. The van der Waals surface area contributed by atoms with Crippen molar-refractivity contribution in [1.82, 2.24) is 4.90 Å². The van der Waals surface area contributed by atoms with Crippen LogP contribution in [0.15, 0.2) is 23.2 Å². The normalized spacial score (nSPS) is 15.9. The maximum absolute atomic E-state index is 13.3. The Labute approximate surface area is 80.9 Å². The predicted molar refractivity (Wildman–Crippen MR) is 50.4 cm³/mol. The van der Waals surface area contributed by atoms with Crippen molar-refractivity contribution < 1.29 is 8.78 Å². The van der Waals surface area contributed by atoms with Crippen LogP contribution in [0.1, 0.15) is 5.56 Å². The lowest BCUT2D eigenvalue weighted by molar-refractivity contribution is 0.546. The summed E-state index contributed by atoms with van der Waals surface area (Å²) in [7, 11) is 1.84. The molecule has 1 aliphatic heterocycles. The minimum absolute atomic E-state index is 0.367. The quantitative estimate of drug-likeness (QED) is 0.667. The van der Waals surface area contributed by atoms with Gasteiger partial charge in [0.15, 0.2) is 0 Å². The molecule has 0 radical (unpaired) electrons. The van der Waals surface area contributed by atoms with Gasteiger partial charge in [0.05, 0.1) is 12.1 Å². The zero-order valence-electron chi connectivity index (χ0n) is 7.80. The highest BCUT2D eigenvalue weighted by Crippen LogP contribution is 2.14. The van der Waals surface area contributed by atoms with Crippen molar-refractivity contribution in [2.24, 2.45) is 4.99 Å². The molecule has 74 valence electrons. The van der Waals surface area contributed by atoms with E-state index in [2.05, 4.69) is 4.99 Å². The summed E-state index contributed by atoms with van der Waals surface area (Å²) in [5, 5.41) is 0. The topological polar surface area (TPSA) is 15.6 Å². The Morgan fingerprint density at radius 1 is 1.36 bits per heavy atom. The average Bonchev–Trinajstić information content (AvgIpc) is 2.52. The number of halogens is 2. The number of amidine groups is 1. The van der Waals surface area contributed by atoms with Crippen molar-refractivity contribution in [2.75, 3.05) is 20.1 Å². The largest absolute Gasteiger partial charge is 0.358 e. The lowest BCUT2D eigenvalue weighted by Crippen LogP contribution is -2.24. The molecule has 0 N–H and O–H groups in total. The molecule has 1 heterocycles. The van der Waals surface area contributed by atoms with Gasteiger partial charge in [0.2, 0.25) is 0 Å². The van der Waals surface area contributed by atoms with Crippen molar-refractivity contribution in [2.45, 2.75) is 0 Å². The molecule has 0 bridgehead atoms. The van der Waals surface area contributed by atoms with E-state index >= 15 is 0 Å². The van der Waals surface area contributed by atoms with Gasteiger partial charge in [-0.3, -0.25) is 4.99 Å². The maximum Gasteiger partial charge on any atom is 0.137 e. The van der Waals surface area contributed by atoms with Crippen LogP contribution < -0.4 is 0 Å². The standard InChI is InChI=1S/C10H10F2N2/c1-14-5-4-13-10(14)8-3-2-7(11)6-9(8)12/h2-3,6H,4-5H2,1H3. The SMILES string of the molecule is CN1CCN=C1c1ccc(F)cc1F. The second kappa shape index (κ2) is 3.36. The zero-order valence-corrected chi connectivity index (χ0v) is 7.80. The third kappa shape index (κ3) is 1.47. The summed E-state index contributed by atoms with van der Waals surface area (Å²) in [5.74, 6) is -0.521. The summed E-state index contributed by atoms with van der Waals surface area (Å²) in [6.45, 7) is 1.45. The van der Waals surface area contributed by atoms with Crippen molar-refractivity contribution in [3.05, 3.63) is 35.4 Å². The molecular weight excluding hydrogens is 186 g/mol. The third-order valence-electron chi connectivity index (χ3n) is 2.23. The molecule has 14 heavy (non-hydrogen) atoms. The van der Waals surface area contributed by atoms with Gasteiger partial charge in [0.25, 0.3) is 0 Å². The molecule has 1 aromatic rings. The van der Waals surface area contributed by atoms with Crippen LogP contribution in [0.2, 0.25) is 0 Å². The number of hydrogen-bond donors (Lipinski definition) is 0. The van der Waals surface area contributed by atoms with Crippen LogP contribution in [-0.2, 0) is 0 Å². The summed E-state index contributed by atoms with van der Waals surface area (Å²) in [4.78, 5) is 6.02. The van der Waals surface area contributed by atoms with Crippen molar-refractivity contribution >= 4 is 5.84 Å². The molecule has 0 amide bonds. The average molecular weight is 196 g/mol. The van der Waals surface area contributed by atoms with E-state index < -0.39 is 11.6 Å². The smallest absolute Gasteiger partial charge is 0.137 e. The van der Waals surface area contributed by atoms with Gasteiger partial charge in [-0.15, -0.1) is 0 Å². The monoisotopic (exact) mass is 196 g/mol. The van der Waals surface area contributed by atoms with Gasteiger partial charge in [-0.25, -0.2) is 8.78 Å². The highest BCUT2D eigenvalue weighted by Gasteiger charge is 2.17. The van der Waals surface area contributed by atoms with E-state index in [1.54, 1.807) is 0 Å². The molecule has 0 fully saturated rings. The highest BCUT2D eigenvalue weighted by molar-refractivity contribution is 5.99. The van der Waals surface area contributed by atoms with Crippen molar-refractivity contribution in [3.8, 4) is 0 Å². The summed E-state index contributed by atoms with van der Waals surface area (Å²) in [5.41, 5.74) is 0.367. The summed E-state index contributed by atoms with van der Waals surface area (Å²) in [6, 6.07) is 3.54. The molecular formula is C10H10F2N2. The first-order valence-corrected chi connectivity index (χ1v) is 4.39. The predicted octanol–water partition coefficient (Wildman–Crippen LogP) is 1.66. The van der Waals surface area contributed by atoms with E-state index in [4.69, 9.17) is 0 Å². The van der Waals surface area contributed by atoms with Gasteiger partial charge in [0.1, 0.15) is 17.5 Å². The van der Waals surface area contributed by atoms with Gasteiger partial charge in [-0.1, -0.05) is 0 Å². The van der Waals surface area contributed by atoms with Gasteiger partial charge in [-0.2, -0.15) is 0 Å². The molecule has 1 aliphatic rings. The van der Waals surface area contributed by atoms with Crippen LogP contribution in [0.3, 0.4) is 0 Å². The molecule has 0 aliphatic carbocycles. The van der Waals surface area contributed by atoms with Crippen LogP contribution in [0, 0.1) is 11.6 Å². The van der Waals surface area contributed by atoms with E-state index in [-0.39, 0.29) is 0 Å². The molecule has 0 spiro atoms. The number of benzene rings is 1. The molecule has 0 unspecified atom stereocenters. The molecule has 2 nitrogen and oxygen atoms in total. The summed E-state index contributed by atoms with van der Waals surface area (Å²) >= 11 is 0. The van der Waals surface area contributed by atoms with E-state index in [0.29, 0.717) is 17.9 Å². The van der Waals surface area contributed by atoms with Gasteiger partial charge >= 0.3 is 0 Å². The number of hydrogen-bond acceptors (Lipinski definition) is 2. The zero-order chi connectivity index (χ0) is 10.1. The van der Waals surface area contributed by atoms with E-state index in [9.17, 15) is 8.78 Å². The fraction of sp³-hybridized carbons (Fsp3) is 0.300.